The lowest BCUT2D eigenvalue weighted by atomic mass is 10.0. The number of fused-ring (bicyclic) bond motifs is 1. The molecule has 0 radical (unpaired) electrons. The number of pyridine rings is 1. The molecule has 0 bridgehead atoms. The summed E-state index contributed by atoms with van der Waals surface area (Å²) in [5.74, 6) is 0.273. The Morgan fingerprint density at radius 3 is 2.70 bits per heavy atom. The molecule has 0 amide bonds. The highest BCUT2D eigenvalue weighted by atomic mass is 32.2. The summed E-state index contributed by atoms with van der Waals surface area (Å²) in [4.78, 5) is 12.1. The number of hydrogen-bond donors (Lipinski definition) is 1. The lowest BCUT2D eigenvalue weighted by Crippen LogP contribution is -2.30. The van der Waals surface area contributed by atoms with Crippen molar-refractivity contribution < 1.29 is 5.11 Å². The first-order chi connectivity index (χ1) is 13.2. The zero-order chi connectivity index (χ0) is 18.4. The van der Waals surface area contributed by atoms with Crippen LogP contribution in [-0.2, 0) is 0 Å². The van der Waals surface area contributed by atoms with E-state index in [2.05, 4.69) is 45.8 Å². The van der Waals surface area contributed by atoms with Gasteiger partial charge >= 0.3 is 0 Å². The molecule has 1 aromatic carbocycles. The fourth-order valence-corrected chi connectivity index (χ4v) is 5.01. The van der Waals surface area contributed by atoms with E-state index < -0.39 is 0 Å². The van der Waals surface area contributed by atoms with Gasteiger partial charge < -0.3 is 14.6 Å². The van der Waals surface area contributed by atoms with E-state index in [1.165, 1.54) is 5.69 Å². The van der Waals surface area contributed by atoms with Gasteiger partial charge in [0.15, 0.2) is 5.17 Å². The molecule has 2 aliphatic heterocycles. The SMILES string of the molecule is C[C@@H]1CN2C(=N[C@H](c3ccccn3)[C@@H]2c2cccn2-c2ccc(O)cc2)S1. The molecule has 6 heteroatoms. The van der Waals surface area contributed by atoms with Gasteiger partial charge in [-0.2, -0.15) is 0 Å². The minimum absolute atomic E-state index is 0.0213. The average molecular weight is 376 g/mol. The highest BCUT2D eigenvalue weighted by molar-refractivity contribution is 8.14. The van der Waals surface area contributed by atoms with Crippen molar-refractivity contribution >= 4 is 16.9 Å². The number of rotatable bonds is 3. The van der Waals surface area contributed by atoms with Crippen LogP contribution in [0.2, 0.25) is 0 Å². The van der Waals surface area contributed by atoms with Gasteiger partial charge in [0, 0.05) is 35.6 Å². The summed E-state index contributed by atoms with van der Waals surface area (Å²) >= 11 is 1.85. The lowest BCUT2D eigenvalue weighted by molar-refractivity contribution is 0.312. The first-order valence-electron chi connectivity index (χ1n) is 9.09. The maximum absolute atomic E-state index is 9.63. The molecular weight excluding hydrogens is 356 g/mol. The zero-order valence-corrected chi connectivity index (χ0v) is 15.8. The van der Waals surface area contributed by atoms with Crippen molar-refractivity contribution in [1.29, 1.82) is 0 Å². The van der Waals surface area contributed by atoms with Crippen LogP contribution in [0.15, 0.2) is 72.0 Å². The molecular formula is C21H20N4OS. The van der Waals surface area contributed by atoms with Crippen LogP contribution < -0.4 is 0 Å². The van der Waals surface area contributed by atoms with E-state index in [0.717, 1.165) is 23.1 Å². The molecule has 2 aromatic heterocycles. The summed E-state index contributed by atoms with van der Waals surface area (Å²) in [6, 6.07) is 17.7. The van der Waals surface area contributed by atoms with Crippen molar-refractivity contribution in [3.8, 4) is 11.4 Å². The first kappa shape index (κ1) is 16.4. The highest BCUT2D eigenvalue weighted by Crippen LogP contribution is 2.47. The number of hydrogen-bond acceptors (Lipinski definition) is 5. The van der Waals surface area contributed by atoms with Gasteiger partial charge in [-0.3, -0.25) is 9.98 Å². The molecule has 136 valence electrons. The van der Waals surface area contributed by atoms with E-state index in [0.29, 0.717) is 5.25 Å². The number of benzene rings is 1. The number of amidine groups is 1. The van der Waals surface area contributed by atoms with Gasteiger partial charge in [0.2, 0.25) is 0 Å². The van der Waals surface area contributed by atoms with Crippen molar-refractivity contribution in [1.82, 2.24) is 14.5 Å². The lowest BCUT2D eigenvalue weighted by Gasteiger charge is -2.28. The molecule has 1 fully saturated rings. The van der Waals surface area contributed by atoms with Gasteiger partial charge in [-0.1, -0.05) is 24.8 Å². The zero-order valence-electron chi connectivity index (χ0n) is 14.9. The highest BCUT2D eigenvalue weighted by Gasteiger charge is 2.44. The molecule has 1 N–H and O–H groups in total. The molecule has 0 saturated carbocycles. The van der Waals surface area contributed by atoms with Crippen LogP contribution in [0.25, 0.3) is 5.69 Å². The van der Waals surface area contributed by atoms with E-state index in [-0.39, 0.29) is 17.8 Å². The summed E-state index contributed by atoms with van der Waals surface area (Å²) < 4.78 is 2.19. The Bertz CT molecular complexity index is 983. The Kier molecular flexibility index (Phi) is 3.93. The maximum Gasteiger partial charge on any atom is 0.160 e. The second kappa shape index (κ2) is 6.46. The molecule has 4 heterocycles. The quantitative estimate of drug-likeness (QED) is 0.745. The van der Waals surface area contributed by atoms with Crippen molar-refractivity contribution in [2.24, 2.45) is 4.99 Å². The van der Waals surface area contributed by atoms with E-state index >= 15 is 0 Å². The number of nitrogens with zero attached hydrogens (tertiary/aromatic N) is 4. The van der Waals surface area contributed by atoms with Crippen LogP contribution in [-0.4, -0.2) is 36.5 Å². The summed E-state index contributed by atoms with van der Waals surface area (Å²) in [6.45, 7) is 3.23. The summed E-state index contributed by atoms with van der Waals surface area (Å²) in [5.41, 5.74) is 3.21. The van der Waals surface area contributed by atoms with Gasteiger partial charge in [0.25, 0.3) is 0 Å². The fraction of sp³-hybridized carbons (Fsp3) is 0.238. The maximum atomic E-state index is 9.63. The van der Waals surface area contributed by atoms with Crippen LogP contribution >= 0.6 is 11.8 Å². The number of aliphatic imine (C=N–C) groups is 1. The van der Waals surface area contributed by atoms with Crippen LogP contribution in [0.4, 0.5) is 0 Å². The van der Waals surface area contributed by atoms with Gasteiger partial charge in [-0.25, -0.2) is 0 Å². The molecule has 3 aromatic rings. The van der Waals surface area contributed by atoms with Crippen LogP contribution in [0.5, 0.6) is 5.75 Å². The Labute approximate surface area is 162 Å². The van der Waals surface area contributed by atoms with Gasteiger partial charge in [0.1, 0.15) is 11.8 Å². The Balaban J connectivity index is 1.60. The first-order valence-corrected chi connectivity index (χ1v) is 9.97. The molecule has 0 spiro atoms. The second-order valence-corrected chi connectivity index (χ2v) is 8.36. The summed E-state index contributed by atoms with van der Waals surface area (Å²) in [5, 5.41) is 11.3. The molecule has 0 unspecified atom stereocenters. The molecule has 0 aliphatic carbocycles. The Morgan fingerprint density at radius 2 is 1.93 bits per heavy atom. The smallest absolute Gasteiger partial charge is 0.160 e. The molecule has 5 nitrogen and oxygen atoms in total. The van der Waals surface area contributed by atoms with E-state index in [9.17, 15) is 5.11 Å². The van der Waals surface area contributed by atoms with Crippen molar-refractivity contribution in [2.45, 2.75) is 24.3 Å². The summed E-state index contributed by atoms with van der Waals surface area (Å²) in [6.07, 6.45) is 3.91. The topological polar surface area (TPSA) is 53.7 Å². The number of aromatic hydroxyl groups is 1. The third-order valence-corrected chi connectivity index (χ3v) is 6.19. The monoisotopic (exact) mass is 376 g/mol. The minimum Gasteiger partial charge on any atom is -0.508 e. The number of aromatic nitrogens is 2. The number of phenols is 1. The largest absolute Gasteiger partial charge is 0.508 e. The van der Waals surface area contributed by atoms with E-state index in [1.807, 2.05) is 42.2 Å². The molecule has 5 rings (SSSR count). The Hall–Kier alpha value is -2.73. The van der Waals surface area contributed by atoms with Crippen LogP contribution in [0.3, 0.4) is 0 Å². The predicted molar refractivity (Wildman–Crippen MR) is 108 cm³/mol. The Morgan fingerprint density at radius 1 is 1.07 bits per heavy atom. The van der Waals surface area contributed by atoms with Crippen LogP contribution in [0.1, 0.15) is 30.4 Å². The number of phenolic OH excluding ortho intramolecular Hbond substituents is 1. The molecule has 3 atom stereocenters. The predicted octanol–water partition coefficient (Wildman–Crippen LogP) is 4.17. The summed E-state index contributed by atoms with van der Waals surface area (Å²) in [7, 11) is 0. The third kappa shape index (κ3) is 2.80. The molecule has 1 saturated heterocycles. The standard InChI is InChI=1S/C21H20N4OS/c1-14-13-25-20(19(23-21(25)27-14)17-5-2-3-11-22-17)18-6-4-12-24(18)15-7-9-16(26)10-8-15/h2-12,14,19-20,26H,13H2,1H3/t14-,19-,20+/m1/s1. The van der Waals surface area contributed by atoms with Crippen molar-refractivity contribution in [3.05, 3.63) is 78.4 Å². The van der Waals surface area contributed by atoms with Gasteiger partial charge in [-0.15, -0.1) is 0 Å². The fourth-order valence-electron chi connectivity index (χ4n) is 3.92. The molecule has 2 aliphatic rings. The average Bonchev–Trinajstić information content (AvgIpc) is 3.37. The number of thioether (sulfide) groups is 1. The minimum atomic E-state index is -0.0213. The van der Waals surface area contributed by atoms with Crippen LogP contribution in [0, 0.1) is 0 Å². The third-order valence-electron chi connectivity index (χ3n) is 5.09. The van der Waals surface area contributed by atoms with Crippen molar-refractivity contribution in [3.63, 3.8) is 0 Å². The normalized spacial score (nSPS) is 24.1. The second-order valence-electron chi connectivity index (χ2n) is 6.96. The van der Waals surface area contributed by atoms with Gasteiger partial charge in [-0.05, 0) is 48.5 Å². The van der Waals surface area contributed by atoms with E-state index in [4.69, 9.17) is 4.99 Å². The van der Waals surface area contributed by atoms with Gasteiger partial charge in [0.05, 0.1) is 11.7 Å². The van der Waals surface area contributed by atoms with Crippen molar-refractivity contribution in [2.75, 3.05) is 6.54 Å². The van der Waals surface area contributed by atoms with E-state index in [1.54, 1.807) is 12.1 Å². The molecule has 27 heavy (non-hydrogen) atoms.